The monoisotopic (exact) mass is 541 g/mol. The average molecular weight is 544 g/mol. The molecule has 31 heavy (non-hydrogen) atoms. The first-order valence-electron chi connectivity index (χ1n) is 10.7. The minimum atomic E-state index is -0.826. The van der Waals surface area contributed by atoms with Crippen molar-refractivity contribution >= 4 is 28.4 Å². The van der Waals surface area contributed by atoms with E-state index in [1.807, 2.05) is 0 Å². The Morgan fingerprint density at radius 3 is 1.32 bits per heavy atom. The number of aliphatic hydroxyl groups is 2. The molecule has 172 valence electrons. The van der Waals surface area contributed by atoms with E-state index in [0.29, 0.717) is 0 Å². The summed E-state index contributed by atoms with van der Waals surface area (Å²) in [6.45, 7) is 22.6. The Morgan fingerprint density at radius 1 is 0.613 bits per heavy atom. The molecule has 0 aromatic heterocycles. The third kappa shape index (κ3) is 7.77. The van der Waals surface area contributed by atoms with Crippen LogP contribution in [0.4, 0.5) is 11.4 Å². The summed E-state index contributed by atoms with van der Waals surface area (Å²) in [5.41, 5.74) is 14.2. The predicted octanol–water partition coefficient (Wildman–Crippen LogP) is 8.08. The predicted molar refractivity (Wildman–Crippen MR) is 135 cm³/mol. The van der Waals surface area contributed by atoms with Crippen LogP contribution in [0.25, 0.3) is 10.6 Å². The van der Waals surface area contributed by atoms with Crippen LogP contribution in [-0.4, -0.2) is 31.0 Å². The summed E-state index contributed by atoms with van der Waals surface area (Å²) in [6, 6.07) is 2.24. The van der Waals surface area contributed by atoms with Crippen LogP contribution in [0.2, 0.25) is 0 Å². The van der Waals surface area contributed by atoms with Gasteiger partial charge in [0.2, 0.25) is 0 Å². The van der Waals surface area contributed by atoms with Gasteiger partial charge in [0.15, 0.2) is 0 Å². The van der Waals surface area contributed by atoms with E-state index in [9.17, 15) is 0 Å². The van der Waals surface area contributed by atoms with Gasteiger partial charge in [0.1, 0.15) is 13.2 Å². The minimum absolute atomic E-state index is 0.741. The van der Waals surface area contributed by atoms with Gasteiger partial charge < -0.3 is 15.4 Å². The van der Waals surface area contributed by atoms with Gasteiger partial charge in [0.05, 0.1) is 0 Å². The van der Waals surface area contributed by atoms with Gasteiger partial charge in [-0.2, -0.15) is 0 Å². The first kappa shape index (κ1) is 28.5. The molecule has 0 aliphatic carbocycles. The molecule has 0 amide bonds. The van der Waals surface area contributed by atoms with Crippen LogP contribution >= 0.6 is 17.0 Å². The zero-order valence-electron chi connectivity index (χ0n) is 20.5. The van der Waals surface area contributed by atoms with Crippen LogP contribution < -0.4 is 0 Å². The summed E-state index contributed by atoms with van der Waals surface area (Å²) >= 11 is -0.826. The fourth-order valence-electron chi connectivity index (χ4n) is 3.73. The van der Waals surface area contributed by atoms with E-state index in [1.54, 1.807) is 0 Å². The molecule has 0 aliphatic rings. The van der Waals surface area contributed by atoms with Crippen LogP contribution in [0.15, 0.2) is 6.07 Å². The second-order valence-electron chi connectivity index (χ2n) is 8.09. The van der Waals surface area contributed by atoms with Crippen molar-refractivity contribution in [1.29, 1.82) is 0 Å². The normalized spacial score (nSPS) is 10.4. The van der Waals surface area contributed by atoms with Crippen LogP contribution in [0.1, 0.15) is 50.1 Å². The second kappa shape index (κ2) is 13.9. The Hall–Kier alpha value is -0.537. The maximum atomic E-state index is 4.93. The van der Waals surface area contributed by atoms with E-state index in [2.05, 4.69) is 73.1 Å². The molecule has 0 unspecified atom stereocenters. The Kier molecular flexibility index (Phi) is 12.8. The molecule has 0 aliphatic heterocycles. The average Bonchev–Trinajstić information content (AvgIpc) is 2.73. The Morgan fingerprint density at radius 2 is 0.935 bits per heavy atom. The number of rotatable bonds is 8. The molecule has 0 bridgehead atoms. The molecule has 0 atom stereocenters. The van der Waals surface area contributed by atoms with Gasteiger partial charge in [-0.3, -0.25) is 0 Å². The van der Waals surface area contributed by atoms with E-state index in [-0.39, 0.29) is 0 Å². The van der Waals surface area contributed by atoms with Crippen LogP contribution in [-0.2, 0) is 20.8 Å². The van der Waals surface area contributed by atoms with Crippen molar-refractivity contribution in [1.82, 2.24) is 0 Å². The van der Waals surface area contributed by atoms with Gasteiger partial charge in [-0.25, -0.2) is 0 Å². The van der Waals surface area contributed by atoms with Gasteiger partial charge in [0.25, 0.3) is 0 Å². The molecular formula is C25H37Cl2N2OZr-. The van der Waals surface area contributed by atoms with Crippen molar-refractivity contribution in [3.63, 3.8) is 0 Å². The molecule has 2 rings (SSSR count). The summed E-state index contributed by atoms with van der Waals surface area (Å²) in [4.78, 5) is 0. The van der Waals surface area contributed by atoms with E-state index < -0.39 is 20.8 Å². The topological polar surface area (TPSA) is 41.0 Å². The molecule has 2 aromatic carbocycles. The van der Waals surface area contributed by atoms with Crippen LogP contribution in [0.3, 0.4) is 0 Å². The second-order valence-corrected chi connectivity index (χ2v) is 11.8. The molecule has 0 radical (unpaired) electrons. The Labute approximate surface area is 208 Å². The van der Waals surface area contributed by atoms with Crippen molar-refractivity contribution in [3.8, 4) is 0 Å². The van der Waals surface area contributed by atoms with Crippen molar-refractivity contribution in [2.75, 3.05) is 26.3 Å². The van der Waals surface area contributed by atoms with Gasteiger partial charge in [0, 0.05) is 0 Å². The number of hydrogen-bond acceptors (Lipinski definition) is 0. The molecule has 0 saturated heterocycles. The first-order valence-corrected chi connectivity index (χ1v) is 17.0. The molecule has 3 nitrogen and oxygen atoms in total. The van der Waals surface area contributed by atoms with Gasteiger partial charge in [-0.05, 0) is 90.1 Å². The zero-order chi connectivity index (χ0) is 23.7. The SMILES string of the molecule is Cc1cc(C)c(C)c([N-]CC[OH+]CC[N-]c2c(C)c(C)c(C)c(C)c2C)c1C.[Cl][Zr][Cl]. The van der Waals surface area contributed by atoms with Gasteiger partial charge in [-0.15, -0.1) is 11.4 Å². The fourth-order valence-corrected chi connectivity index (χ4v) is 3.73. The third-order valence-corrected chi connectivity index (χ3v) is 6.34. The number of halogens is 2. The van der Waals surface area contributed by atoms with Crippen molar-refractivity contribution in [3.05, 3.63) is 66.8 Å². The Balaban J connectivity index is 0.00000151. The van der Waals surface area contributed by atoms with Crippen molar-refractivity contribution < 1.29 is 25.6 Å². The van der Waals surface area contributed by atoms with E-state index in [0.717, 1.165) is 37.7 Å². The fraction of sp³-hybridized carbons (Fsp3) is 0.520. The Bertz CT molecular complexity index is 830. The molecule has 0 fully saturated rings. The number of benzene rings is 2. The van der Waals surface area contributed by atoms with Crippen molar-refractivity contribution in [2.45, 2.75) is 62.3 Å². The van der Waals surface area contributed by atoms with Gasteiger partial charge in [-0.1, -0.05) is 41.4 Å². The standard InChI is InChI=1S/C25H36N2O.2ClH.Zr/c1-15-14-16(2)18(4)24(17(15)3)26-10-12-28-13-11-27-25-22(8)20(6)19(5)21(7)23(25)9;;;/h14H,10-13H2,1-9H3;2*1H;/q-2;;;+2/p-1. The molecule has 0 spiro atoms. The number of aryl methyl sites for hydroxylation is 2. The number of hydrogen-bond donors (Lipinski definition) is 0. The van der Waals surface area contributed by atoms with Crippen LogP contribution in [0, 0.1) is 62.3 Å². The first-order chi connectivity index (χ1) is 14.6. The summed E-state index contributed by atoms with van der Waals surface area (Å²) in [7, 11) is 9.87. The maximum absolute atomic E-state index is 4.93. The van der Waals surface area contributed by atoms with Crippen LogP contribution in [0.5, 0.6) is 0 Å². The van der Waals surface area contributed by atoms with E-state index >= 15 is 0 Å². The van der Waals surface area contributed by atoms with E-state index in [1.165, 1.54) is 50.1 Å². The summed E-state index contributed by atoms with van der Waals surface area (Å²) in [6.07, 6.45) is 0. The number of ether oxygens (including phenoxy) is 1. The number of nitrogens with zero attached hydrogens (tertiary/aromatic N) is 2. The van der Waals surface area contributed by atoms with Gasteiger partial charge >= 0.3 is 37.9 Å². The molecule has 0 heterocycles. The molecule has 1 N–H and O–H groups in total. The summed E-state index contributed by atoms with van der Waals surface area (Å²) < 4.78 is 4.64. The summed E-state index contributed by atoms with van der Waals surface area (Å²) in [5.74, 6) is 0. The zero-order valence-corrected chi connectivity index (χ0v) is 24.5. The molecule has 0 saturated carbocycles. The third-order valence-electron chi connectivity index (χ3n) is 6.34. The summed E-state index contributed by atoms with van der Waals surface area (Å²) in [5, 5.41) is 9.67. The van der Waals surface area contributed by atoms with E-state index in [4.69, 9.17) is 27.7 Å². The molecule has 2 aromatic rings. The van der Waals surface area contributed by atoms with Crippen molar-refractivity contribution in [2.24, 2.45) is 0 Å². The molecule has 6 heteroatoms. The molecular weight excluding hydrogens is 506 g/mol. The quantitative estimate of drug-likeness (QED) is 0.239.